The van der Waals surface area contributed by atoms with Crippen LogP contribution in [0, 0.1) is 0 Å². The molecule has 0 atom stereocenters. The van der Waals surface area contributed by atoms with Gasteiger partial charge in [0.25, 0.3) is 0 Å². The summed E-state index contributed by atoms with van der Waals surface area (Å²) >= 11 is 3.26. The lowest BCUT2D eigenvalue weighted by molar-refractivity contribution is 0.111. The lowest BCUT2D eigenvalue weighted by Gasteiger charge is -2.07. The molecule has 0 amide bonds. The first-order valence-corrected chi connectivity index (χ1v) is 14.7. The normalized spacial score (nSPS) is 10.6. The van der Waals surface area contributed by atoms with Crippen molar-refractivity contribution >= 4 is 72.1 Å². The molecule has 4 nitrogen and oxygen atoms in total. The minimum Gasteiger partial charge on any atom is -0.355 e. The SMILES string of the molecule is O=Cc1ccc(-n2c3ccccc3c3ccccc32)cc1.O=Cc1ccc(Br)cc1.c1ccc2c(c1)[nH]c1ccccc12. The molecule has 0 bridgehead atoms. The van der Waals surface area contributed by atoms with E-state index in [2.05, 4.69) is 123 Å². The fraction of sp³-hybridized carbons (Fsp3) is 0. The summed E-state index contributed by atoms with van der Waals surface area (Å²) in [7, 11) is 0. The largest absolute Gasteiger partial charge is 0.355 e. The van der Waals surface area contributed by atoms with Crippen LogP contribution < -0.4 is 0 Å². The Hall–Kier alpha value is -5.26. The molecule has 0 saturated carbocycles. The van der Waals surface area contributed by atoms with Crippen LogP contribution in [0.1, 0.15) is 20.7 Å². The van der Waals surface area contributed by atoms with Gasteiger partial charge in [-0.25, -0.2) is 0 Å². The fourth-order valence-electron chi connectivity index (χ4n) is 5.24. The molecule has 0 fully saturated rings. The van der Waals surface area contributed by atoms with Gasteiger partial charge in [-0.05, 0) is 60.7 Å². The highest BCUT2D eigenvalue weighted by Gasteiger charge is 2.10. The molecule has 6 aromatic carbocycles. The second kappa shape index (κ2) is 12.7. The van der Waals surface area contributed by atoms with Crippen LogP contribution in [0.15, 0.2) is 150 Å². The van der Waals surface area contributed by atoms with Crippen LogP contribution in [0.25, 0.3) is 49.3 Å². The van der Waals surface area contributed by atoms with Crippen molar-refractivity contribution in [1.29, 1.82) is 0 Å². The Bertz CT molecular complexity index is 2070. The van der Waals surface area contributed by atoms with E-state index >= 15 is 0 Å². The summed E-state index contributed by atoms with van der Waals surface area (Å²) in [5.41, 5.74) is 7.25. The lowest BCUT2D eigenvalue weighted by atomic mass is 10.2. The van der Waals surface area contributed by atoms with Gasteiger partial charge < -0.3 is 9.55 Å². The maximum absolute atomic E-state index is 10.8. The quantitative estimate of drug-likeness (QED) is 0.199. The maximum Gasteiger partial charge on any atom is 0.150 e. The number of para-hydroxylation sites is 4. The number of benzene rings is 6. The highest BCUT2D eigenvalue weighted by atomic mass is 79.9. The Labute approximate surface area is 257 Å². The molecule has 2 aromatic heterocycles. The number of H-pyrrole nitrogens is 1. The number of rotatable bonds is 3. The molecule has 0 spiro atoms. The zero-order valence-corrected chi connectivity index (χ0v) is 24.7. The number of nitrogens with zero attached hydrogens (tertiary/aromatic N) is 1. The molecular weight excluding hydrogens is 596 g/mol. The molecular formula is C38H27BrN2O2. The van der Waals surface area contributed by atoms with E-state index in [9.17, 15) is 9.59 Å². The second-order valence-corrected chi connectivity index (χ2v) is 10.9. The van der Waals surface area contributed by atoms with Gasteiger partial charge in [0, 0.05) is 53.9 Å². The molecule has 0 aliphatic heterocycles. The summed E-state index contributed by atoms with van der Waals surface area (Å²) < 4.78 is 3.23. The van der Waals surface area contributed by atoms with Gasteiger partial charge in [-0.1, -0.05) is 101 Å². The van der Waals surface area contributed by atoms with E-state index in [0.29, 0.717) is 11.1 Å². The van der Waals surface area contributed by atoms with Crippen molar-refractivity contribution in [2.75, 3.05) is 0 Å². The van der Waals surface area contributed by atoms with Gasteiger partial charge >= 0.3 is 0 Å². The Kier molecular flexibility index (Phi) is 8.25. The highest BCUT2D eigenvalue weighted by molar-refractivity contribution is 9.10. The number of halogens is 1. The lowest BCUT2D eigenvalue weighted by Crippen LogP contribution is -1.93. The summed E-state index contributed by atoms with van der Waals surface area (Å²) in [6.07, 6.45) is 1.70. The van der Waals surface area contributed by atoms with E-state index in [4.69, 9.17) is 0 Å². The number of aromatic amines is 1. The van der Waals surface area contributed by atoms with Crippen molar-refractivity contribution in [1.82, 2.24) is 9.55 Å². The first-order valence-electron chi connectivity index (χ1n) is 13.9. The molecule has 2 heterocycles. The van der Waals surface area contributed by atoms with Crippen LogP contribution in [0.3, 0.4) is 0 Å². The highest BCUT2D eigenvalue weighted by Crippen LogP contribution is 2.31. The summed E-state index contributed by atoms with van der Waals surface area (Å²) in [5.74, 6) is 0. The molecule has 208 valence electrons. The zero-order valence-electron chi connectivity index (χ0n) is 23.2. The minimum absolute atomic E-state index is 0.694. The van der Waals surface area contributed by atoms with Gasteiger partial charge in [-0.15, -0.1) is 0 Å². The van der Waals surface area contributed by atoms with Crippen molar-refractivity contribution in [3.63, 3.8) is 0 Å². The summed E-state index contributed by atoms with van der Waals surface area (Å²) in [5, 5.41) is 5.09. The van der Waals surface area contributed by atoms with Crippen LogP contribution in [0.5, 0.6) is 0 Å². The van der Waals surface area contributed by atoms with Gasteiger partial charge in [0.05, 0.1) is 11.0 Å². The second-order valence-electron chi connectivity index (χ2n) is 9.96. The minimum atomic E-state index is 0.694. The van der Waals surface area contributed by atoms with Crippen LogP contribution >= 0.6 is 15.9 Å². The predicted molar refractivity (Wildman–Crippen MR) is 182 cm³/mol. The van der Waals surface area contributed by atoms with E-state index in [1.807, 2.05) is 36.4 Å². The summed E-state index contributed by atoms with van der Waals surface area (Å²) in [4.78, 5) is 24.3. The van der Waals surface area contributed by atoms with Crippen LogP contribution in [-0.4, -0.2) is 22.1 Å². The third kappa shape index (κ3) is 5.89. The molecule has 0 aliphatic rings. The number of carbonyl (C=O) groups is 2. The van der Waals surface area contributed by atoms with Crippen molar-refractivity contribution in [2.45, 2.75) is 0 Å². The van der Waals surface area contributed by atoms with Crippen LogP contribution in [-0.2, 0) is 0 Å². The van der Waals surface area contributed by atoms with Crippen molar-refractivity contribution < 1.29 is 9.59 Å². The molecule has 1 N–H and O–H groups in total. The molecule has 5 heteroatoms. The van der Waals surface area contributed by atoms with Crippen molar-refractivity contribution in [3.8, 4) is 5.69 Å². The number of fused-ring (bicyclic) bond motifs is 6. The van der Waals surface area contributed by atoms with E-state index in [-0.39, 0.29) is 0 Å². The van der Waals surface area contributed by atoms with E-state index < -0.39 is 0 Å². The van der Waals surface area contributed by atoms with Gasteiger partial charge in [0.15, 0.2) is 0 Å². The van der Waals surface area contributed by atoms with E-state index in [0.717, 1.165) is 22.7 Å². The summed E-state index contributed by atoms with van der Waals surface area (Å²) in [6, 6.07) is 48.4. The first-order chi connectivity index (χ1) is 21.2. The zero-order chi connectivity index (χ0) is 29.6. The number of aromatic nitrogens is 2. The topological polar surface area (TPSA) is 54.9 Å². The number of hydrogen-bond acceptors (Lipinski definition) is 2. The number of carbonyl (C=O) groups excluding carboxylic acids is 2. The third-order valence-corrected chi connectivity index (χ3v) is 7.82. The third-order valence-electron chi connectivity index (χ3n) is 7.29. The van der Waals surface area contributed by atoms with Gasteiger partial charge in [-0.3, -0.25) is 9.59 Å². The fourth-order valence-corrected chi connectivity index (χ4v) is 5.51. The molecule has 0 saturated heterocycles. The molecule has 43 heavy (non-hydrogen) atoms. The first kappa shape index (κ1) is 27.9. The monoisotopic (exact) mass is 622 g/mol. The van der Waals surface area contributed by atoms with Gasteiger partial charge in [0.1, 0.15) is 12.6 Å². The molecule has 8 rings (SSSR count). The number of nitrogens with one attached hydrogen (secondary N) is 1. The molecule has 0 unspecified atom stereocenters. The number of hydrogen-bond donors (Lipinski definition) is 1. The average molecular weight is 624 g/mol. The Morgan fingerprint density at radius 2 is 0.860 bits per heavy atom. The van der Waals surface area contributed by atoms with Crippen LogP contribution in [0.2, 0.25) is 0 Å². The average Bonchev–Trinajstić information content (AvgIpc) is 3.62. The molecule has 8 aromatic rings. The van der Waals surface area contributed by atoms with Gasteiger partial charge in [0.2, 0.25) is 0 Å². The Balaban J connectivity index is 0.000000127. The number of aldehydes is 2. The molecule has 0 aliphatic carbocycles. The molecule has 0 radical (unpaired) electrons. The van der Waals surface area contributed by atoms with Crippen LogP contribution in [0.4, 0.5) is 0 Å². The van der Waals surface area contributed by atoms with Crippen molar-refractivity contribution in [3.05, 3.63) is 161 Å². The standard InChI is InChI=1S/C19H13NO.C12H9N.C7H5BrO/c21-13-14-9-11-15(12-10-14)20-18-7-3-1-5-16(18)17-6-2-4-8-19(17)20;1-3-7-11-9(5-1)10-6-2-4-8-12(10)13-11;8-7-3-1-6(5-9)2-4-7/h1-13H;1-8,13H;1-5H. The van der Waals surface area contributed by atoms with E-state index in [1.165, 1.54) is 43.6 Å². The van der Waals surface area contributed by atoms with Crippen molar-refractivity contribution in [2.24, 2.45) is 0 Å². The Morgan fingerprint density at radius 1 is 0.465 bits per heavy atom. The Morgan fingerprint density at radius 3 is 1.33 bits per heavy atom. The summed E-state index contributed by atoms with van der Waals surface area (Å²) in [6.45, 7) is 0. The predicted octanol–water partition coefficient (Wildman–Crippen LogP) is 10.2. The van der Waals surface area contributed by atoms with Gasteiger partial charge in [-0.2, -0.15) is 0 Å². The smallest absolute Gasteiger partial charge is 0.150 e. The maximum atomic E-state index is 10.8. The van der Waals surface area contributed by atoms with E-state index in [1.54, 1.807) is 12.1 Å².